The van der Waals surface area contributed by atoms with Crippen LogP contribution >= 0.6 is 21.6 Å². The van der Waals surface area contributed by atoms with Crippen LogP contribution in [-0.2, 0) is 19.2 Å². The molecule has 3 atom stereocenters. The zero-order valence-electron chi connectivity index (χ0n) is 14.9. The van der Waals surface area contributed by atoms with Crippen molar-refractivity contribution in [3.05, 3.63) is 0 Å². The van der Waals surface area contributed by atoms with Crippen LogP contribution in [0.4, 0.5) is 0 Å². The lowest BCUT2D eigenvalue weighted by molar-refractivity contribution is -0.143. The SMILES string of the molecule is C[C@H](CC(=O)[C@H](CCC(=O)O)NC(=O)CCCCC1CCSS1)C(=O)O. The Balaban J connectivity index is 2.41. The van der Waals surface area contributed by atoms with Crippen LogP contribution in [0, 0.1) is 5.92 Å². The van der Waals surface area contributed by atoms with E-state index >= 15 is 0 Å². The lowest BCUT2D eigenvalue weighted by Gasteiger charge is -2.18. The molecule has 7 nitrogen and oxygen atoms in total. The van der Waals surface area contributed by atoms with E-state index in [9.17, 15) is 19.2 Å². The van der Waals surface area contributed by atoms with Gasteiger partial charge in [0.05, 0.1) is 12.0 Å². The largest absolute Gasteiger partial charge is 0.481 e. The van der Waals surface area contributed by atoms with Crippen LogP contribution in [0.1, 0.15) is 58.3 Å². The van der Waals surface area contributed by atoms with Gasteiger partial charge in [-0.05, 0) is 25.7 Å². The molecule has 0 aliphatic carbocycles. The zero-order chi connectivity index (χ0) is 19.5. The molecule has 1 unspecified atom stereocenters. The molecule has 9 heteroatoms. The maximum atomic E-state index is 12.2. The second kappa shape index (κ2) is 12.2. The van der Waals surface area contributed by atoms with Crippen LogP contribution in [0.25, 0.3) is 0 Å². The summed E-state index contributed by atoms with van der Waals surface area (Å²) in [5.74, 6) is -2.56. The number of carboxylic acid groups (broad SMARTS) is 2. The van der Waals surface area contributed by atoms with E-state index in [-0.39, 0.29) is 31.6 Å². The third kappa shape index (κ3) is 9.47. The number of hydrogen-bond donors (Lipinski definition) is 3. The predicted molar refractivity (Wildman–Crippen MR) is 102 cm³/mol. The maximum Gasteiger partial charge on any atom is 0.306 e. The molecular weight excluding hydrogens is 378 g/mol. The summed E-state index contributed by atoms with van der Waals surface area (Å²) in [6.45, 7) is 1.41. The number of amides is 1. The summed E-state index contributed by atoms with van der Waals surface area (Å²) in [4.78, 5) is 46.0. The Hall–Kier alpha value is -1.22. The molecule has 1 heterocycles. The van der Waals surface area contributed by atoms with Gasteiger partial charge >= 0.3 is 11.9 Å². The van der Waals surface area contributed by atoms with Crippen molar-refractivity contribution in [3.8, 4) is 0 Å². The second-order valence-electron chi connectivity index (χ2n) is 6.54. The van der Waals surface area contributed by atoms with E-state index in [1.165, 1.54) is 19.1 Å². The van der Waals surface area contributed by atoms with Gasteiger partial charge in [0.1, 0.15) is 0 Å². The monoisotopic (exact) mass is 405 g/mol. The Morgan fingerprint density at radius 2 is 1.88 bits per heavy atom. The molecule has 0 radical (unpaired) electrons. The molecule has 1 amide bonds. The molecule has 1 saturated heterocycles. The highest BCUT2D eigenvalue weighted by molar-refractivity contribution is 8.77. The molecular formula is C17H27NO6S2. The number of ketones is 1. The van der Waals surface area contributed by atoms with Gasteiger partial charge < -0.3 is 15.5 Å². The van der Waals surface area contributed by atoms with Crippen molar-refractivity contribution in [3.63, 3.8) is 0 Å². The summed E-state index contributed by atoms with van der Waals surface area (Å²) in [5, 5.41) is 21.0. The van der Waals surface area contributed by atoms with Crippen LogP contribution in [0.3, 0.4) is 0 Å². The molecule has 26 heavy (non-hydrogen) atoms. The Morgan fingerprint density at radius 1 is 1.15 bits per heavy atom. The van der Waals surface area contributed by atoms with E-state index in [1.807, 2.05) is 21.6 Å². The molecule has 0 saturated carbocycles. The second-order valence-corrected chi connectivity index (χ2v) is 9.32. The number of carbonyl (C=O) groups is 4. The Morgan fingerprint density at radius 3 is 2.46 bits per heavy atom. The molecule has 0 aromatic heterocycles. The highest BCUT2D eigenvalue weighted by Gasteiger charge is 2.25. The summed E-state index contributed by atoms with van der Waals surface area (Å²) >= 11 is 0. The smallest absolute Gasteiger partial charge is 0.306 e. The maximum absolute atomic E-state index is 12.2. The Labute approximate surface area is 161 Å². The standard InChI is InChI=1S/C17H27NO6S2/c1-11(17(23)24)10-14(19)13(6-7-16(21)22)18-15(20)5-3-2-4-12-8-9-25-26-12/h11-13H,2-10H2,1H3,(H,18,20)(H,21,22)(H,23,24)/t11-,12?,13+/m1/s1. The number of Topliss-reactive ketones (excluding diaryl/α,β-unsaturated/α-hetero) is 1. The van der Waals surface area contributed by atoms with Crippen molar-refractivity contribution in [2.45, 2.75) is 69.6 Å². The minimum Gasteiger partial charge on any atom is -0.481 e. The molecule has 148 valence electrons. The molecule has 0 aromatic carbocycles. The predicted octanol–water partition coefficient (Wildman–Crippen LogP) is 2.73. The minimum atomic E-state index is -1.09. The van der Waals surface area contributed by atoms with E-state index in [4.69, 9.17) is 10.2 Å². The van der Waals surface area contributed by atoms with Gasteiger partial charge in [0.2, 0.25) is 5.91 Å². The number of aliphatic carboxylic acids is 2. The normalized spacial score (nSPS) is 18.9. The quantitative estimate of drug-likeness (QED) is 0.316. The van der Waals surface area contributed by atoms with Crippen LogP contribution in [0.2, 0.25) is 0 Å². The highest BCUT2D eigenvalue weighted by atomic mass is 33.1. The van der Waals surface area contributed by atoms with Gasteiger partial charge in [0.15, 0.2) is 5.78 Å². The number of hydrogen-bond acceptors (Lipinski definition) is 6. The van der Waals surface area contributed by atoms with Gasteiger partial charge in [-0.3, -0.25) is 19.2 Å². The third-order valence-corrected chi connectivity index (χ3v) is 7.21. The number of carbonyl (C=O) groups excluding carboxylic acids is 2. The molecule has 0 aromatic rings. The van der Waals surface area contributed by atoms with E-state index in [2.05, 4.69) is 5.32 Å². The summed E-state index contributed by atoms with van der Waals surface area (Å²) < 4.78 is 0. The molecule has 0 bridgehead atoms. The first-order valence-corrected chi connectivity index (χ1v) is 11.2. The van der Waals surface area contributed by atoms with Crippen LogP contribution in [-0.4, -0.2) is 50.9 Å². The lowest BCUT2D eigenvalue weighted by Crippen LogP contribution is -2.42. The van der Waals surface area contributed by atoms with Gasteiger partial charge in [-0.2, -0.15) is 0 Å². The molecule has 1 aliphatic heterocycles. The van der Waals surface area contributed by atoms with Crippen LogP contribution in [0.5, 0.6) is 0 Å². The van der Waals surface area contributed by atoms with Crippen molar-refractivity contribution in [1.82, 2.24) is 5.32 Å². The van der Waals surface area contributed by atoms with E-state index in [1.54, 1.807) is 0 Å². The summed E-state index contributed by atoms with van der Waals surface area (Å²) in [7, 11) is 3.78. The summed E-state index contributed by atoms with van der Waals surface area (Å²) in [6, 6.07) is -0.942. The van der Waals surface area contributed by atoms with Gasteiger partial charge in [-0.15, -0.1) is 0 Å². The molecule has 0 spiro atoms. The van der Waals surface area contributed by atoms with Gasteiger partial charge in [-0.25, -0.2) is 0 Å². The van der Waals surface area contributed by atoms with E-state index < -0.39 is 29.7 Å². The van der Waals surface area contributed by atoms with Crippen molar-refractivity contribution in [2.24, 2.45) is 5.92 Å². The van der Waals surface area contributed by atoms with Gasteiger partial charge in [0.25, 0.3) is 0 Å². The van der Waals surface area contributed by atoms with Crippen molar-refractivity contribution in [2.75, 3.05) is 5.75 Å². The van der Waals surface area contributed by atoms with Crippen LogP contribution < -0.4 is 5.32 Å². The van der Waals surface area contributed by atoms with E-state index in [0.717, 1.165) is 19.3 Å². The highest BCUT2D eigenvalue weighted by Crippen LogP contribution is 2.39. The number of carboxylic acids is 2. The lowest BCUT2D eigenvalue weighted by atomic mass is 9.97. The number of unbranched alkanes of at least 4 members (excludes halogenated alkanes) is 1. The first-order valence-electron chi connectivity index (χ1n) is 8.84. The molecule has 3 N–H and O–H groups in total. The fraction of sp³-hybridized carbons (Fsp3) is 0.765. The molecule has 1 fully saturated rings. The Kier molecular flexibility index (Phi) is 10.7. The first-order chi connectivity index (χ1) is 12.3. The first kappa shape index (κ1) is 22.8. The van der Waals surface area contributed by atoms with Crippen molar-refractivity contribution >= 4 is 45.2 Å². The molecule has 1 aliphatic rings. The number of nitrogens with one attached hydrogen (secondary N) is 1. The van der Waals surface area contributed by atoms with Crippen LogP contribution in [0.15, 0.2) is 0 Å². The fourth-order valence-corrected chi connectivity index (χ4v) is 5.63. The van der Waals surface area contributed by atoms with Gasteiger partial charge in [0, 0.05) is 30.3 Å². The van der Waals surface area contributed by atoms with E-state index in [0.29, 0.717) is 5.25 Å². The summed E-state index contributed by atoms with van der Waals surface area (Å²) in [6.07, 6.45) is 3.72. The Bertz CT molecular complexity index is 507. The van der Waals surface area contributed by atoms with Gasteiger partial charge in [-0.1, -0.05) is 34.9 Å². The molecule has 1 rings (SSSR count). The van der Waals surface area contributed by atoms with Crippen molar-refractivity contribution < 1.29 is 29.4 Å². The average molecular weight is 406 g/mol. The zero-order valence-corrected chi connectivity index (χ0v) is 16.6. The number of rotatable bonds is 13. The summed E-state index contributed by atoms with van der Waals surface area (Å²) in [5.41, 5.74) is 0. The minimum absolute atomic E-state index is 0.0256. The fourth-order valence-electron chi connectivity index (χ4n) is 2.60. The topological polar surface area (TPSA) is 121 Å². The van der Waals surface area contributed by atoms with Crippen molar-refractivity contribution in [1.29, 1.82) is 0 Å². The average Bonchev–Trinajstić information content (AvgIpc) is 3.08. The third-order valence-electron chi connectivity index (χ3n) is 4.21.